The van der Waals surface area contributed by atoms with Gasteiger partial charge in [-0.05, 0) is 31.4 Å². The molecule has 0 unspecified atom stereocenters. The van der Waals surface area contributed by atoms with E-state index in [-0.39, 0.29) is 5.75 Å². The second kappa shape index (κ2) is 5.24. The first kappa shape index (κ1) is 13.1. The first-order valence-electron chi connectivity index (χ1n) is 6.37. The van der Waals surface area contributed by atoms with Gasteiger partial charge in [0.05, 0.1) is 17.6 Å². The Labute approximate surface area is 120 Å². The highest BCUT2D eigenvalue weighted by molar-refractivity contribution is 7.99. The Kier molecular flexibility index (Phi) is 3.43. The molecule has 1 aliphatic rings. The number of carbonyl (C=O) groups is 1. The smallest absolute Gasteiger partial charge is 0.313 e. The fraction of sp³-hybridized carbons (Fsp3) is 0.385. The highest BCUT2D eigenvalue weighted by Crippen LogP contribution is 2.41. The van der Waals surface area contributed by atoms with Gasteiger partial charge in [0.1, 0.15) is 5.82 Å². The van der Waals surface area contributed by atoms with Crippen molar-refractivity contribution < 1.29 is 9.90 Å². The monoisotopic (exact) mass is 290 g/mol. The van der Waals surface area contributed by atoms with Gasteiger partial charge in [0.25, 0.3) is 0 Å². The molecule has 0 aliphatic heterocycles. The number of thioether (sulfide) groups is 1. The molecule has 0 atom stereocenters. The SMILES string of the molecule is Cc1cncc(-n2c(SCC(=O)O)nnc2C2CC2)c1. The van der Waals surface area contributed by atoms with E-state index in [9.17, 15) is 4.79 Å². The summed E-state index contributed by atoms with van der Waals surface area (Å²) >= 11 is 1.18. The van der Waals surface area contributed by atoms with Crippen molar-refractivity contribution in [2.75, 3.05) is 5.75 Å². The van der Waals surface area contributed by atoms with E-state index in [0.717, 1.165) is 29.9 Å². The Morgan fingerprint density at radius 3 is 2.90 bits per heavy atom. The summed E-state index contributed by atoms with van der Waals surface area (Å²) in [5.41, 5.74) is 1.94. The molecule has 7 heteroatoms. The van der Waals surface area contributed by atoms with E-state index in [1.54, 1.807) is 12.4 Å². The van der Waals surface area contributed by atoms with Crippen molar-refractivity contribution in [1.29, 1.82) is 0 Å². The van der Waals surface area contributed by atoms with E-state index in [1.807, 2.05) is 17.6 Å². The third kappa shape index (κ3) is 2.67. The van der Waals surface area contributed by atoms with Gasteiger partial charge in [-0.1, -0.05) is 11.8 Å². The van der Waals surface area contributed by atoms with Crippen LogP contribution < -0.4 is 0 Å². The van der Waals surface area contributed by atoms with Gasteiger partial charge < -0.3 is 5.11 Å². The fourth-order valence-corrected chi connectivity index (χ4v) is 2.69. The normalized spacial score (nSPS) is 14.4. The molecule has 1 fully saturated rings. The van der Waals surface area contributed by atoms with Crippen LogP contribution in [-0.4, -0.2) is 36.6 Å². The first-order chi connectivity index (χ1) is 9.65. The van der Waals surface area contributed by atoms with E-state index < -0.39 is 5.97 Å². The van der Waals surface area contributed by atoms with Crippen LogP contribution >= 0.6 is 11.8 Å². The number of hydrogen-bond donors (Lipinski definition) is 1. The van der Waals surface area contributed by atoms with Crippen molar-refractivity contribution in [3.8, 4) is 5.69 Å². The predicted octanol–water partition coefficient (Wildman–Crippen LogP) is 2.02. The second-order valence-electron chi connectivity index (χ2n) is 4.85. The maximum Gasteiger partial charge on any atom is 0.313 e. The lowest BCUT2D eigenvalue weighted by Gasteiger charge is -2.09. The number of hydrogen-bond acceptors (Lipinski definition) is 5. The van der Waals surface area contributed by atoms with Gasteiger partial charge in [0.2, 0.25) is 0 Å². The van der Waals surface area contributed by atoms with Crippen LogP contribution in [-0.2, 0) is 4.79 Å². The minimum atomic E-state index is -0.861. The lowest BCUT2D eigenvalue weighted by atomic mass is 10.3. The number of rotatable bonds is 5. The van der Waals surface area contributed by atoms with E-state index in [1.165, 1.54) is 11.8 Å². The summed E-state index contributed by atoms with van der Waals surface area (Å²) in [6.07, 6.45) is 5.77. The van der Waals surface area contributed by atoms with Crippen LogP contribution in [0.25, 0.3) is 5.69 Å². The van der Waals surface area contributed by atoms with Crippen molar-refractivity contribution in [2.24, 2.45) is 0 Å². The highest BCUT2D eigenvalue weighted by Gasteiger charge is 2.31. The molecule has 0 bridgehead atoms. The number of pyridine rings is 1. The minimum Gasteiger partial charge on any atom is -0.481 e. The van der Waals surface area contributed by atoms with Gasteiger partial charge in [-0.3, -0.25) is 14.3 Å². The molecule has 0 aromatic carbocycles. The summed E-state index contributed by atoms with van der Waals surface area (Å²) in [5.74, 6) is 0.453. The van der Waals surface area contributed by atoms with E-state index in [0.29, 0.717) is 11.1 Å². The van der Waals surface area contributed by atoms with Gasteiger partial charge in [0, 0.05) is 12.1 Å². The maximum absolute atomic E-state index is 10.7. The lowest BCUT2D eigenvalue weighted by molar-refractivity contribution is -0.133. The van der Waals surface area contributed by atoms with Crippen molar-refractivity contribution >= 4 is 17.7 Å². The summed E-state index contributed by atoms with van der Waals surface area (Å²) in [7, 11) is 0. The van der Waals surface area contributed by atoms with Gasteiger partial charge in [0.15, 0.2) is 5.16 Å². The maximum atomic E-state index is 10.7. The molecule has 104 valence electrons. The molecule has 2 aromatic heterocycles. The zero-order chi connectivity index (χ0) is 14.1. The van der Waals surface area contributed by atoms with Crippen LogP contribution in [0.4, 0.5) is 0 Å². The van der Waals surface area contributed by atoms with Gasteiger partial charge in [-0.25, -0.2) is 0 Å². The summed E-state index contributed by atoms with van der Waals surface area (Å²) in [6, 6.07) is 2.01. The quantitative estimate of drug-likeness (QED) is 0.849. The standard InChI is InChI=1S/C13H14N4O2S/c1-8-4-10(6-14-5-8)17-12(9-2-3-9)15-16-13(17)20-7-11(18)19/h4-6,9H,2-3,7H2,1H3,(H,18,19). The Morgan fingerprint density at radius 2 is 2.25 bits per heavy atom. The zero-order valence-corrected chi connectivity index (χ0v) is 11.8. The van der Waals surface area contributed by atoms with E-state index >= 15 is 0 Å². The minimum absolute atomic E-state index is 0.0257. The Hall–Kier alpha value is -1.89. The van der Waals surface area contributed by atoms with E-state index in [4.69, 9.17) is 5.11 Å². The zero-order valence-electron chi connectivity index (χ0n) is 11.0. The molecule has 20 heavy (non-hydrogen) atoms. The Balaban J connectivity index is 2.01. The van der Waals surface area contributed by atoms with E-state index in [2.05, 4.69) is 15.2 Å². The highest BCUT2D eigenvalue weighted by atomic mass is 32.2. The van der Waals surface area contributed by atoms with Crippen LogP contribution in [0.3, 0.4) is 0 Å². The van der Waals surface area contributed by atoms with Gasteiger partial charge in [-0.15, -0.1) is 10.2 Å². The molecule has 1 N–H and O–H groups in total. The number of nitrogens with zero attached hydrogens (tertiary/aromatic N) is 4. The third-order valence-corrected chi connectivity index (χ3v) is 3.96. The summed E-state index contributed by atoms with van der Waals surface area (Å²) in [4.78, 5) is 14.9. The first-order valence-corrected chi connectivity index (χ1v) is 7.35. The predicted molar refractivity (Wildman–Crippen MR) is 74.2 cm³/mol. The molecular formula is C13H14N4O2S. The molecule has 2 aromatic rings. The number of aliphatic carboxylic acids is 1. The van der Waals surface area contributed by atoms with Crippen LogP contribution in [0.2, 0.25) is 0 Å². The Morgan fingerprint density at radius 1 is 1.45 bits per heavy atom. The largest absolute Gasteiger partial charge is 0.481 e. The third-order valence-electron chi connectivity index (χ3n) is 3.04. The van der Waals surface area contributed by atoms with Crippen molar-refractivity contribution in [1.82, 2.24) is 19.7 Å². The molecule has 0 amide bonds. The summed E-state index contributed by atoms with van der Waals surface area (Å²) < 4.78 is 1.94. The number of aryl methyl sites for hydroxylation is 1. The fourth-order valence-electron chi connectivity index (χ4n) is 2.01. The molecule has 1 saturated carbocycles. The lowest BCUT2D eigenvalue weighted by Crippen LogP contribution is -2.05. The van der Waals surface area contributed by atoms with Gasteiger partial charge >= 0.3 is 5.97 Å². The molecule has 2 heterocycles. The molecular weight excluding hydrogens is 276 g/mol. The summed E-state index contributed by atoms with van der Waals surface area (Å²) in [5, 5.41) is 17.8. The van der Waals surface area contributed by atoms with Crippen LogP contribution in [0.1, 0.15) is 30.1 Å². The topological polar surface area (TPSA) is 80.9 Å². The number of carboxylic acid groups (broad SMARTS) is 1. The Bertz CT molecular complexity index is 652. The van der Waals surface area contributed by atoms with Crippen molar-refractivity contribution in [2.45, 2.75) is 30.8 Å². The average molecular weight is 290 g/mol. The van der Waals surface area contributed by atoms with Gasteiger partial charge in [-0.2, -0.15) is 0 Å². The van der Waals surface area contributed by atoms with Crippen LogP contribution in [0.5, 0.6) is 0 Å². The molecule has 0 radical (unpaired) electrons. The number of carboxylic acids is 1. The second-order valence-corrected chi connectivity index (χ2v) is 5.80. The van der Waals surface area contributed by atoms with Crippen molar-refractivity contribution in [3.63, 3.8) is 0 Å². The molecule has 1 aliphatic carbocycles. The number of aromatic nitrogens is 4. The average Bonchev–Trinajstić information content (AvgIpc) is 3.16. The summed E-state index contributed by atoms with van der Waals surface area (Å²) in [6.45, 7) is 1.97. The molecule has 0 spiro atoms. The van der Waals surface area contributed by atoms with Crippen LogP contribution in [0, 0.1) is 6.92 Å². The molecule has 0 saturated heterocycles. The van der Waals surface area contributed by atoms with Crippen molar-refractivity contribution in [3.05, 3.63) is 29.8 Å². The van der Waals surface area contributed by atoms with Crippen LogP contribution in [0.15, 0.2) is 23.6 Å². The molecule has 3 rings (SSSR count). The molecule has 6 nitrogen and oxygen atoms in total.